The van der Waals surface area contributed by atoms with Gasteiger partial charge in [-0.25, -0.2) is 4.98 Å². The van der Waals surface area contributed by atoms with E-state index in [1.54, 1.807) is 39.6 Å². The molecule has 0 unspecified atom stereocenters. The number of rotatable bonds is 4. The first-order chi connectivity index (χ1) is 14.1. The van der Waals surface area contributed by atoms with Gasteiger partial charge in [-0.1, -0.05) is 17.7 Å². The van der Waals surface area contributed by atoms with E-state index in [9.17, 15) is 9.59 Å². The van der Waals surface area contributed by atoms with Gasteiger partial charge < -0.3 is 15.0 Å². The summed E-state index contributed by atoms with van der Waals surface area (Å²) in [6.45, 7) is 2.30. The zero-order valence-electron chi connectivity index (χ0n) is 15.5. The van der Waals surface area contributed by atoms with Crippen LogP contribution in [0.4, 0.5) is 5.69 Å². The topological polar surface area (TPSA) is 75.9 Å². The maximum Gasteiger partial charge on any atom is 0.254 e. The summed E-state index contributed by atoms with van der Waals surface area (Å²) in [4.78, 5) is 30.7. The van der Waals surface area contributed by atoms with Crippen LogP contribution >= 0.6 is 11.6 Å². The molecule has 29 heavy (non-hydrogen) atoms. The molecule has 0 spiro atoms. The van der Waals surface area contributed by atoms with Crippen molar-refractivity contribution >= 4 is 40.8 Å². The third kappa shape index (κ3) is 4.31. The quantitative estimate of drug-likeness (QED) is 0.670. The van der Waals surface area contributed by atoms with Crippen LogP contribution in [0, 0.1) is 0 Å². The lowest BCUT2D eigenvalue weighted by atomic mass is 10.1. The number of imidazole rings is 1. The number of anilines is 1. The Labute approximate surface area is 172 Å². The second-order valence-corrected chi connectivity index (χ2v) is 6.88. The summed E-state index contributed by atoms with van der Waals surface area (Å²) in [6.07, 6.45) is 4.85. The number of benzene rings is 1. The number of aromatic nitrogens is 2. The molecule has 0 aliphatic carbocycles. The highest BCUT2D eigenvalue weighted by molar-refractivity contribution is 6.31. The summed E-state index contributed by atoms with van der Waals surface area (Å²) < 4.78 is 7.07. The minimum Gasteiger partial charge on any atom is -0.378 e. The minimum absolute atomic E-state index is 0.0340. The van der Waals surface area contributed by atoms with Crippen LogP contribution in [0.15, 0.2) is 54.7 Å². The summed E-state index contributed by atoms with van der Waals surface area (Å²) in [5.74, 6) is -0.340. The fourth-order valence-electron chi connectivity index (χ4n) is 3.12. The highest BCUT2D eigenvalue weighted by atomic mass is 35.5. The maximum atomic E-state index is 12.5. The van der Waals surface area contributed by atoms with Gasteiger partial charge in [-0.2, -0.15) is 0 Å². The van der Waals surface area contributed by atoms with Gasteiger partial charge >= 0.3 is 0 Å². The molecule has 3 heterocycles. The highest BCUT2D eigenvalue weighted by Crippen LogP contribution is 2.19. The third-order valence-corrected chi connectivity index (χ3v) is 4.89. The number of carbonyl (C=O) groups is 2. The lowest BCUT2D eigenvalue weighted by molar-refractivity contribution is -0.111. The van der Waals surface area contributed by atoms with Gasteiger partial charge in [0.25, 0.3) is 5.91 Å². The van der Waals surface area contributed by atoms with Crippen molar-refractivity contribution < 1.29 is 14.3 Å². The number of hydrogen-bond acceptors (Lipinski definition) is 4. The van der Waals surface area contributed by atoms with Gasteiger partial charge in [0.15, 0.2) is 5.15 Å². The van der Waals surface area contributed by atoms with Gasteiger partial charge in [-0.05, 0) is 42.5 Å². The van der Waals surface area contributed by atoms with Crippen LogP contribution in [0.2, 0.25) is 5.15 Å². The predicted molar refractivity (Wildman–Crippen MR) is 111 cm³/mol. The Morgan fingerprint density at radius 2 is 1.86 bits per heavy atom. The van der Waals surface area contributed by atoms with Crippen molar-refractivity contribution in [2.24, 2.45) is 0 Å². The molecule has 0 radical (unpaired) electrons. The second-order valence-electron chi connectivity index (χ2n) is 6.52. The van der Waals surface area contributed by atoms with Gasteiger partial charge in [0.2, 0.25) is 5.91 Å². The van der Waals surface area contributed by atoms with Crippen molar-refractivity contribution in [3.8, 4) is 0 Å². The molecule has 2 aromatic heterocycles. The molecular formula is C21H19ClN4O3. The molecule has 7 nitrogen and oxygen atoms in total. The van der Waals surface area contributed by atoms with E-state index >= 15 is 0 Å². The Morgan fingerprint density at radius 3 is 2.62 bits per heavy atom. The monoisotopic (exact) mass is 410 g/mol. The zero-order valence-corrected chi connectivity index (χ0v) is 16.3. The standard InChI is InChI=1S/C21H19ClN4O3/c22-20-17(26-10-2-1-3-18(26)24-20)8-9-19(27)23-16-6-4-15(5-7-16)21(28)25-11-13-29-14-12-25/h1-10H,11-14H2,(H,23,27). The molecule has 0 atom stereocenters. The first-order valence-electron chi connectivity index (χ1n) is 9.20. The number of nitrogens with zero attached hydrogens (tertiary/aromatic N) is 3. The number of ether oxygens (including phenoxy) is 1. The van der Waals surface area contributed by atoms with Crippen LogP contribution in [0.25, 0.3) is 11.7 Å². The van der Waals surface area contributed by atoms with Crippen molar-refractivity contribution in [1.82, 2.24) is 14.3 Å². The first kappa shape index (κ1) is 19.2. The number of pyridine rings is 1. The van der Waals surface area contributed by atoms with Crippen LogP contribution in [-0.4, -0.2) is 52.4 Å². The third-order valence-electron chi connectivity index (χ3n) is 4.61. The molecule has 1 aromatic carbocycles. The van der Waals surface area contributed by atoms with E-state index in [2.05, 4.69) is 10.3 Å². The molecule has 0 bridgehead atoms. The van der Waals surface area contributed by atoms with Gasteiger partial charge in [-0.15, -0.1) is 0 Å². The molecule has 8 heteroatoms. The van der Waals surface area contributed by atoms with Crippen LogP contribution in [0.3, 0.4) is 0 Å². The lowest BCUT2D eigenvalue weighted by Gasteiger charge is -2.26. The number of hydrogen-bond donors (Lipinski definition) is 1. The molecule has 1 saturated heterocycles. The van der Waals surface area contributed by atoms with E-state index in [4.69, 9.17) is 16.3 Å². The largest absolute Gasteiger partial charge is 0.378 e. The molecule has 148 valence electrons. The van der Waals surface area contributed by atoms with E-state index < -0.39 is 0 Å². The van der Waals surface area contributed by atoms with E-state index in [1.807, 2.05) is 24.4 Å². The average molecular weight is 411 g/mol. The molecule has 1 aliphatic rings. The van der Waals surface area contributed by atoms with Crippen LogP contribution < -0.4 is 5.32 Å². The maximum absolute atomic E-state index is 12.5. The summed E-state index contributed by atoms with van der Waals surface area (Å²) in [6, 6.07) is 12.4. The number of nitrogens with one attached hydrogen (secondary N) is 1. The van der Waals surface area contributed by atoms with Crippen molar-refractivity contribution in [3.63, 3.8) is 0 Å². The molecule has 2 amide bonds. The predicted octanol–water partition coefficient (Wildman–Crippen LogP) is 3.11. The summed E-state index contributed by atoms with van der Waals surface area (Å²) in [5.41, 5.74) is 2.52. The molecule has 4 rings (SSSR count). The second kappa shape index (κ2) is 8.46. The van der Waals surface area contributed by atoms with Crippen molar-refractivity contribution in [3.05, 3.63) is 71.1 Å². The number of amides is 2. The van der Waals surface area contributed by atoms with Crippen LogP contribution in [-0.2, 0) is 9.53 Å². The lowest BCUT2D eigenvalue weighted by Crippen LogP contribution is -2.40. The number of halogens is 1. The summed E-state index contributed by atoms with van der Waals surface area (Å²) >= 11 is 6.16. The first-order valence-corrected chi connectivity index (χ1v) is 9.58. The van der Waals surface area contributed by atoms with E-state index in [-0.39, 0.29) is 11.8 Å². The highest BCUT2D eigenvalue weighted by Gasteiger charge is 2.18. The Morgan fingerprint density at radius 1 is 1.10 bits per heavy atom. The molecule has 3 aromatic rings. The van der Waals surface area contributed by atoms with Crippen molar-refractivity contribution in [2.45, 2.75) is 0 Å². The molecule has 1 aliphatic heterocycles. The van der Waals surface area contributed by atoms with Gasteiger partial charge in [-0.3, -0.25) is 14.0 Å². The fourth-order valence-corrected chi connectivity index (χ4v) is 3.36. The average Bonchev–Trinajstić information content (AvgIpc) is 3.08. The van der Waals surface area contributed by atoms with Gasteiger partial charge in [0.05, 0.1) is 18.9 Å². The number of carbonyl (C=O) groups excluding carboxylic acids is 2. The molecule has 1 fully saturated rings. The smallest absolute Gasteiger partial charge is 0.254 e. The Bertz CT molecular complexity index is 1070. The summed E-state index contributed by atoms with van der Waals surface area (Å²) in [5, 5.41) is 3.10. The Hall–Kier alpha value is -3.16. The van der Waals surface area contributed by atoms with Crippen LogP contribution in [0.1, 0.15) is 16.1 Å². The van der Waals surface area contributed by atoms with Crippen molar-refractivity contribution in [1.29, 1.82) is 0 Å². The summed E-state index contributed by atoms with van der Waals surface area (Å²) in [7, 11) is 0. The van der Waals surface area contributed by atoms with Crippen molar-refractivity contribution in [2.75, 3.05) is 31.6 Å². The Balaban J connectivity index is 1.41. The molecular weight excluding hydrogens is 392 g/mol. The minimum atomic E-state index is -0.306. The fraction of sp³-hybridized carbons (Fsp3) is 0.190. The van der Waals surface area contributed by atoms with Gasteiger partial charge in [0, 0.05) is 36.6 Å². The Kier molecular flexibility index (Phi) is 5.59. The van der Waals surface area contributed by atoms with E-state index in [0.29, 0.717) is 54.0 Å². The zero-order chi connectivity index (χ0) is 20.2. The molecule has 1 N–H and O–H groups in total. The SMILES string of the molecule is O=C(C=Cc1c(Cl)nc2ccccn12)Nc1ccc(C(=O)N2CCOCC2)cc1. The van der Waals surface area contributed by atoms with E-state index in [0.717, 1.165) is 0 Å². The van der Waals surface area contributed by atoms with Crippen LogP contribution in [0.5, 0.6) is 0 Å². The number of fused-ring (bicyclic) bond motifs is 1. The normalized spacial score (nSPS) is 14.4. The molecule has 0 saturated carbocycles. The van der Waals surface area contributed by atoms with Gasteiger partial charge in [0.1, 0.15) is 5.65 Å². The van der Waals surface area contributed by atoms with E-state index in [1.165, 1.54) is 6.08 Å². The number of morpholine rings is 1.